The van der Waals surface area contributed by atoms with Crippen LogP contribution in [0.4, 0.5) is 14.5 Å². The Morgan fingerprint density at radius 1 is 1.33 bits per heavy atom. The largest absolute Gasteiger partial charge is 0.445 e. The molecule has 2 aromatic rings. The maximum atomic E-state index is 12.6. The maximum absolute atomic E-state index is 12.6. The Kier molecular flexibility index (Phi) is 5.55. The van der Waals surface area contributed by atoms with Gasteiger partial charge >= 0.3 is 0 Å². The van der Waals surface area contributed by atoms with E-state index in [0.717, 1.165) is 0 Å². The van der Waals surface area contributed by atoms with Crippen LogP contribution in [0.25, 0.3) is 0 Å². The number of alkyl halides is 2. The number of benzene rings is 1. The summed E-state index contributed by atoms with van der Waals surface area (Å²) in [4.78, 5) is 12.2. The lowest BCUT2D eigenvalue weighted by molar-refractivity contribution is 0.0991. The van der Waals surface area contributed by atoms with Gasteiger partial charge in [0.2, 0.25) is 0 Å². The molecule has 0 radical (unpaired) electrons. The van der Waals surface area contributed by atoms with Gasteiger partial charge in [0.05, 0.1) is 15.6 Å². The Hall–Kier alpha value is -1.18. The van der Waals surface area contributed by atoms with Crippen LogP contribution in [0, 0.1) is 0 Å². The quantitative estimate of drug-likeness (QED) is 0.751. The fourth-order valence-corrected chi connectivity index (χ4v) is 2.84. The highest BCUT2D eigenvalue weighted by Crippen LogP contribution is 2.37. The molecule has 0 fully saturated rings. The normalized spacial score (nSPS) is 10.9. The molecule has 0 aliphatic rings. The van der Waals surface area contributed by atoms with Gasteiger partial charge in [0.25, 0.3) is 11.7 Å². The van der Waals surface area contributed by atoms with Gasteiger partial charge in [-0.2, -0.15) is 8.78 Å². The van der Waals surface area contributed by atoms with Gasteiger partial charge in [0, 0.05) is 0 Å². The van der Waals surface area contributed by atoms with Gasteiger partial charge in [-0.3, -0.25) is 4.79 Å². The van der Waals surface area contributed by atoms with Crippen molar-refractivity contribution in [2.75, 3.05) is 11.6 Å². The maximum Gasteiger partial charge on any atom is 0.291 e. The molecule has 3 nitrogen and oxygen atoms in total. The molecule has 1 N–H and O–H groups in total. The highest BCUT2D eigenvalue weighted by Gasteiger charge is 2.17. The summed E-state index contributed by atoms with van der Waals surface area (Å²) in [6.07, 6.45) is 1.81. The van der Waals surface area contributed by atoms with Crippen molar-refractivity contribution in [1.29, 1.82) is 0 Å². The van der Waals surface area contributed by atoms with Crippen LogP contribution in [-0.2, 0) is 0 Å². The van der Waals surface area contributed by atoms with Gasteiger partial charge in [-0.1, -0.05) is 41.2 Å². The molecule has 2 rings (SSSR count). The van der Waals surface area contributed by atoms with Crippen molar-refractivity contribution in [2.24, 2.45) is 0 Å². The Morgan fingerprint density at radius 3 is 2.71 bits per heavy atom. The number of hydrogen-bond donors (Lipinski definition) is 1. The van der Waals surface area contributed by atoms with Crippen molar-refractivity contribution in [3.05, 3.63) is 41.1 Å². The first kappa shape index (κ1) is 16.2. The zero-order valence-electron chi connectivity index (χ0n) is 10.7. The van der Waals surface area contributed by atoms with E-state index in [2.05, 4.69) is 5.32 Å². The van der Waals surface area contributed by atoms with Crippen LogP contribution >= 0.6 is 35.1 Å². The van der Waals surface area contributed by atoms with Crippen molar-refractivity contribution >= 4 is 46.7 Å². The third-order valence-corrected chi connectivity index (χ3v) is 4.33. The number of anilines is 1. The van der Waals surface area contributed by atoms with Crippen molar-refractivity contribution < 1.29 is 18.0 Å². The third kappa shape index (κ3) is 4.15. The zero-order valence-corrected chi connectivity index (χ0v) is 13.1. The minimum absolute atomic E-state index is 0.104. The summed E-state index contributed by atoms with van der Waals surface area (Å²) in [5.74, 6) is -3.05. The van der Waals surface area contributed by atoms with Gasteiger partial charge < -0.3 is 9.73 Å². The number of carbonyl (C=O) groups is 1. The first-order chi connectivity index (χ1) is 10.0. The molecule has 0 unspecified atom stereocenters. The van der Waals surface area contributed by atoms with Crippen molar-refractivity contribution in [2.45, 2.75) is 15.7 Å². The van der Waals surface area contributed by atoms with E-state index in [1.165, 1.54) is 30.0 Å². The van der Waals surface area contributed by atoms with Crippen LogP contribution in [0.15, 0.2) is 44.7 Å². The molecular weight excluding hydrogens is 340 g/mol. The number of halogens is 3. The van der Waals surface area contributed by atoms with E-state index in [1.54, 1.807) is 12.1 Å². The molecule has 0 aliphatic heterocycles. The first-order valence-electron chi connectivity index (χ1n) is 5.69. The molecule has 0 aliphatic carbocycles. The summed E-state index contributed by atoms with van der Waals surface area (Å²) in [7, 11) is 0. The SMILES string of the molecule is CSc1ccc(C(=O)Nc2cccc(Cl)c2SC(F)F)o1. The number of rotatable bonds is 5. The molecule has 112 valence electrons. The lowest BCUT2D eigenvalue weighted by Crippen LogP contribution is -2.11. The van der Waals surface area contributed by atoms with Crippen LogP contribution in [0.3, 0.4) is 0 Å². The van der Waals surface area contributed by atoms with Gasteiger partial charge in [-0.25, -0.2) is 0 Å². The standard InChI is InChI=1S/C13H10ClF2NO2S2/c1-20-10-6-5-9(19-10)12(18)17-8-4-2-3-7(14)11(8)21-13(15)16/h2-6,13H,1H3,(H,17,18). The number of nitrogens with one attached hydrogen (secondary N) is 1. The molecule has 0 bridgehead atoms. The number of furan rings is 1. The van der Waals surface area contributed by atoms with Gasteiger partial charge in [-0.05, 0) is 30.5 Å². The van der Waals surface area contributed by atoms with Crippen molar-refractivity contribution in [3.8, 4) is 0 Å². The molecule has 1 heterocycles. The minimum Gasteiger partial charge on any atom is -0.445 e. The van der Waals surface area contributed by atoms with Crippen LogP contribution in [0.1, 0.15) is 10.6 Å². The molecule has 0 saturated heterocycles. The Labute approximate surface area is 133 Å². The molecule has 1 aromatic heterocycles. The lowest BCUT2D eigenvalue weighted by atomic mass is 10.3. The second kappa shape index (κ2) is 7.20. The van der Waals surface area contributed by atoms with Crippen LogP contribution in [0.2, 0.25) is 5.02 Å². The van der Waals surface area contributed by atoms with E-state index in [4.69, 9.17) is 16.0 Å². The Bertz CT molecular complexity index is 649. The van der Waals surface area contributed by atoms with E-state index >= 15 is 0 Å². The highest BCUT2D eigenvalue weighted by atomic mass is 35.5. The van der Waals surface area contributed by atoms with E-state index < -0.39 is 11.7 Å². The fourth-order valence-electron chi connectivity index (χ4n) is 1.55. The summed E-state index contributed by atoms with van der Waals surface area (Å²) in [5, 5.41) is 3.28. The number of carbonyl (C=O) groups excluding carboxylic acids is 1. The Balaban J connectivity index is 2.22. The molecule has 0 saturated carbocycles. The molecular formula is C13H10ClF2NO2S2. The second-order valence-electron chi connectivity index (χ2n) is 3.77. The predicted molar refractivity (Wildman–Crippen MR) is 81.8 cm³/mol. The van der Waals surface area contributed by atoms with E-state index in [-0.39, 0.29) is 33.1 Å². The summed E-state index contributed by atoms with van der Waals surface area (Å²) in [6, 6.07) is 7.74. The smallest absolute Gasteiger partial charge is 0.291 e. The number of hydrogen-bond acceptors (Lipinski definition) is 4. The zero-order chi connectivity index (χ0) is 15.4. The fraction of sp³-hybridized carbons (Fsp3) is 0.154. The predicted octanol–water partition coefficient (Wildman–Crippen LogP) is 5.22. The average molecular weight is 350 g/mol. The van der Waals surface area contributed by atoms with E-state index in [0.29, 0.717) is 5.09 Å². The molecule has 0 atom stereocenters. The van der Waals surface area contributed by atoms with Crippen molar-refractivity contribution in [3.63, 3.8) is 0 Å². The second-order valence-corrected chi connectivity index (χ2v) is 5.99. The lowest BCUT2D eigenvalue weighted by Gasteiger charge is -2.11. The monoisotopic (exact) mass is 349 g/mol. The van der Waals surface area contributed by atoms with Gasteiger partial charge in [-0.15, -0.1) is 0 Å². The molecule has 0 spiro atoms. The summed E-state index contributed by atoms with van der Waals surface area (Å²) < 4.78 is 30.4. The van der Waals surface area contributed by atoms with Crippen LogP contribution in [0.5, 0.6) is 0 Å². The summed E-state index contributed by atoms with van der Waals surface area (Å²) >= 11 is 7.54. The van der Waals surface area contributed by atoms with Crippen LogP contribution < -0.4 is 5.32 Å². The van der Waals surface area contributed by atoms with Gasteiger partial charge in [0.1, 0.15) is 0 Å². The minimum atomic E-state index is -2.63. The number of amides is 1. The van der Waals surface area contributed by atoms with Crippen molar-refractivity contribution in [1.82, 2.24) is 0 Å². The van der Waals surface area contributed by atoms with E-state index in [1.807, 2.05) is 6.26 Å². The number of thioether (sulfide) groups is 2. The topological polar surface area (TPSA) is 42.2 Å². The molecule has 8 heteroatoms. The molecule has 21 heavy (non-hydrogen) atoms. The summed E-state index contributed by atoms with van der Waals surface area (Å²) in [6.45, 7) is 0. The highest BCUT2D eigenvalue weighted by molar-refractivity contribution is 7.99. The summed E-state index contributed by atoms with van der Waals surface area (Å²) in [5.41, 5.74) is 0.222. The van der Waals surface area contributed by atoms with E-state index in [9.17, 15) is 13.6 Å². The molecule has 1 amide bonds. The van der Waals surface area contributed by atoms with Gasteiger partial charge in [0.15, 0.2) is 10.9 Å². The third-order valence-electron chi connectivity index (χ3n) is 2.43. The van der Waals surface area contributed by atoms with Crippen LogP contribution in [-0.4, -0.2) is 17.9 Å². The average Bonchev–Trinajstić information content (AvgIpc) is 2.91. The molecule has 1 aromatic carbocycles. The Morgan fingerprint density at radius 2 is 2.10 bits per heavy atom. The first-order valence-corrected chi connectivity index (χ1v) is 8.18.